The Balaban J connectivity index is 2.39. The number of nitrogens with zero attached hydrogens (tertiary/aromatic N) is 1. The van der Waals surface area contributed by atoms with Gasteiger partial charge in [-0.1, -0.05) is 18.5 Å². The SMILES string of the molecule is CC1CCCN(S(=O)(=O)c2ccc(Cl)c(C(=O)O)c2)C1. The summed E-state index contributed by atoms with van der Waals surface area (Å²) in [5.41, 5.74) is -0.196. The average molecular weight is 318 g/mol. The largest absolute Gasteiger partial charge is 0.478 e. The van der Waals surface area contributed by atoms with Gasteiger partial charge in [0.05, 0.1) is 15.5 Å². The number of carboxylic acids is 1. The van der Waals surface area contributed by atoms with E-state index in [1.165, 1.54) is 16.4 Å². The van der Waals surface area contributed by atoms with Crippen molar-refractivity contribution in [3.63, 3.8) is 0 Å². The van der Waals surface area contributed by atoms with E-state index < -0.39 is 16.0 Å². The fourth-order valence-electron chi connectivity index (χ4n) is 2.34. The molecule has 7 heteroatoms. The van der Waals surface area contributed by atoms with Crippen LogP contribution in [0.3, 0.4) is 0 Å². The Morgan fingerprint density at radius 3 is 2.75 bits per heavy atom. The first kappa shape index (κ1) is 15.3. The first-order chi connectivity index (χ1) is 9.32. The molecule has 5 nitrogen and oxygen atoms in total. The highest BCUT2D eigenvalue weighted by Crippen LogP contribution is 2.26. The predicted octanol–water partition coefficient (Wildman–Crippen LogP) is 2.46. The van der Waals surface area contributed by atoms with Crippen LogP contribution in [0, 0.1) is 5.92 Å². The van der Waals surface area contributed by atoms with Crippen LogP contribution in [0.5, 0.6) is 0 Å². The van der Waals surface area contributed by atoms with Gasteiger partial charge in [-0.25, -0.2) is 13.2 Å². The van der Waals surface area contributed by atoms with E-state index in [2.05, 4.69) is 0 Å². The normalized spacial score (nSPS) is 20.8. The van der Waals surface area contributed by atoms with Crippen molar-refractivity contribution in [2.24, 2.45) is 5.92 Å². The monoisotopic (exact) mass is 317 g/mol. The maximum atomic E-state index is 12.5. The van der Waals surface area contributed by atoms with Crippen molar-refractivity contribution in [2.75, 3.05) is 13.1 Å². The van der Waals surface area contributed by atoms with E-state index >= 15 is 0 Å². The number of hydrogen-bond donors (Lipinski definition) is 1. The molecule has 1 fully saturated rings. The summed E-state index contributed by atoms with van der Waals surface area (Å²) < 4.78 is 26.4. The second kappa shape index (κ2) is 5.71. The molecule has 0 radical (unpaired) electrons. The van der Waals surface area contributed by atoms with Gasteiger partial charge in [0.2, 0.25) is 10.0 Å². The fourth-order valence-corrected chi connectivity index (χ4v) is 4.17. The van der Waals surface area contributed by atoms with Crippen LogP contribution in [0.1, 0.15) is 30.1 Å². The summed E-state index contributed by atoms with van der Waals surface area (Å²) in [6.07, 6.45) is 1.83. The summed E-state index contributed by atoms with van der Waals surface area (Å²) >= 11 is 5.76. The lowest BCUT2D eigenvalue weighted by atomic mass is 10.0. The molecule has 0 spiro atoms. The highest BCUT2D eigenvalue weighted by molar-refractivity contribution is 7.89. The third-order valence-electron chi connectivity index (χ3n) is 3.43. The highest BCUT2D eigenvalue weighted by atomic mass is 35.5. The van der Waals surface area contributed by atoms with E-state index in [-0.39, 0.29) is 15.5 Å². The Morgan fingerprint density at radius 2 is 2.15 bits per heavy atom. The first-order valence-electron chi connectivity index (χ1n) is 6.35. The molecule has 0 amide bonds. The summed E-state index contributed by atoms with van der Waals surface area (Å²) in [6, 6.07) is 3.79. The molecule has 1 aliphatic rings. The third kappa shape index (κ3) is 2.97. The van der Waals surface area contributed by atoms with Gasteiger partial charge in [0, 0.05) is 13.1 Å². The van der Waals surface area contributed by atoms with Crippen molar-refractivity contribution in [3.05, 3.63) is 28.8 Å². The second-order valence-corrected chi connectivity index (χ2v) is 7.40. The molecule has 1 aromatic rings. The maximum Gasteiger partial charge on any atom is 0.337 e. The van der Waals surface area contributed by atoms with Gasteiger partial charge in [-0.15, -0.1) is 0 Å². The lowest BCUT2D eigenvalue weighted by Gasteiger charge is -2.30. The lowest BCUT2D eigenvalue weighted by molar-refractivity contribution is 0.0697. The Kier molecular flexibility index (Phi) is 4.36. The molecule has 0 aliphatic carbocycles. The Hall–Kier alpha value is -1.11. The van der Waals surface area contributed by atoms with Crippen LogP contribution >= 0.6 is 11.6 Å². The van der Waals surface area contributed by atoms with Gasteiger partial charge in [0.25, 0.3) is 0 Å². The van der Waals surface area contributed by atoms with Gasteiger partial charge >= 0.3 is 5.97 Å². The number of carbonyl (C=O) groups is 1. The zero-order valence-corrected chi connectivity index (χ0v) is 12.6. The van der Waals surface area contributed by atoms with Gasteiger partial charge in [0.15, 0.2) is 0 Å². The third-order valence-corrected chi connectivity index (χ3v) is 5.62. The zero-order valence-electron chi connectivity index (χ0n) is 11.0. The van der Waals surface area contributed by atoms with Crippen molar-refractivity contribution in [3.8, 4) is 0 Å². The number of aromatic carboxylic acids is 1. The molecule has 0 bridgehead atoms. The predicted molar refractivity (Wildman–Crippen MR) is 75.6 cm³/mol. The summed E-state index contributed by atoms with van der Waals surface area (Å²) in [6.45, 7) is 2.94. The van der Waals surface area contributed by atoms with Crippen LogP contribution in [-0.2, 0) is 10.0 Å². The van der Waals surface area contributed by atoms with E-state index in [9.17, 15) is 13.2 Å². The molecule has 0 saturated carbocycles. The minimum Gasteiger partial charge on any atom is -0.478 e. The number of halogens is 1. The number of rotatable bonds is 3. The number of carboxylic acid groups (broad SMARTS) is 1. The van der Waals surface area contributed by atoms with E-state index in [0.717, 1.165) is 18.9 Å². The molecule has 20 heavy (non-hydrogen) atoms. The van der Waals surface area contributed by atoms with Gasteiger partial charge < -0.3 is 5.11 Å². The standard InChI is InChI=1S/C13H16ClNO4S/c1-9-3-2-6-15(8-9)20(18,19)10-4-5-12(14)11(7-10)13(16)17/h4-5,7,9H,2-3,6,8H2,1H3,(H,16,17). The van der Waals surface area contributed by atoms with E-state index in [4.69, 9.17) is 16.7 Å². The van der Waals surface area contributed by atoms with Crippen LogP contribution in [0.4, 0.5) is 0 Å². The van der Waals surface area contributed by atoms with E-state index in [0.29, 0.717) is 19.0 Å². The molecule has 1 unspecified atom stereocenters. The minimum atomic E-state index is -3.66. The first-order valence-corrected chi connectivity index (χ1v) is 8.17. The van der Waals surface area contributed by atoms with Crippen LogP contribution in [0.2, 0.25) is 5.02 Å². The van der Waals surface area contributed by atoms with Crippen molar-refractivity contribution >= 4 is 27.6 Å². The minimum absolute atomic E-state index is 0.0200. The van der Waals surface area contributed by atoms with Crippen LogP contribution in [0.25, 0.3) is 0 Å². The molecule has 1 aliphatic heterocycles. The number of sulfonamides is 1. The number of piperidine rings is 1. The molecule has 1 N–H and O–H groups in total. The van der Waals surface area contributed by atoms with Crippen molar-refractivity contribution in [1.29, 1.82) is 0 Å². The van der Waals surface area contributed by atoms with Crippen molar-refractivity contribution in [1.82, 2.24) is 4.31 Å². The number of benzene rings is 1. The Labute approximate surface area is 123 Å². The molecular formula is C13H16ClNO4S. The quantitative estimate of drug-likeness (QED) is 0.929. The molecule has 1 saturated heterocycles. The molecule has 110 valence electrons. The summed E-state index contributed by atoms with van der Waals surface area (Å²) in [5.74, 6) is -0.927. The topological polar surface area (TPSA) is 74.7 Å². The maximum absolute atomic E-state index is 12.5. The fraction of sp³-hybridized carbons (Fsp3) is 0.462. The molecule has 1 heterocycles. The average Bonchev–Trinajstić information content (AvgIpc) is 2.38. The molecule has 1 atom stereocenters. The van der Waals surface area contributed by atoms with E-state index in [1.54, 1.807) is 0 Å². The van der Waals surface area contributed by atoms with Crippen LogP contribution < -0.4 is 0 Å². The van der Waals surface area contributed by atoms with Crippen molar-refractivity contribution in [2.45, 2.75) is 24.7 Å². The van der Waals surface area contributed by atoms with Gasteiger partial charge in [-0.3, -0.25) is 0 Å². The zero-order chi connectivity index (χ0) is 14.9. The summed E-state index contributed by atoms with van der Waals surface area (Å²) in [7, 11) is -3.66. The van der Waals surface area contributed by atoms with Gasteiger partial charge in [0.1, 0.15) is 0 Å². The van der Waals surface area contributed by atoms with Gasteiger partial charge in [-0.2, -0.15) is 4.31 Å². The summed E-state index contributed by atoms with van der Waals surface area (Å²) in [4.78, 5) is 11.0. The van der Waals surface area contributed by atoms with Crippen LogP contribution in [-0.4, -0.2) is 36.9 Å². The molecule has 2 rings (SSSR count). The molecule has 1 aromatic carbocycles. The number of hydrogen-bond acceptors (Lipinski definition) is 3. The Bertz CT molecular complexity index is 629. The van der Waals surface area contributed by atoms with E-state index in [1.807, 2.05) is 6.92 Å². The highest BCUT2D eigenvalue weighted by Gasteiger charge is 2.29. The van der Waals surface area contributed by atoms with Crippen LogP contribution in [0.15, 0.2) is 23.1 Å². The van der Waals surface area contributed by atoms with Crippen molar-refractivity contribution < 1.29 is 18.3 Å². The molecular weight excluding hydrogens is 302 g/mol. The lowest BCUT2D eigenvalue weighted by Crippen LogP contribution is -2.39. The molecule has 0 aromatic heterocycles. The van der Waals surface area contributed by atoms with Gasteiger partial charge in [-0.05, 0) is 37.0 Å². The second-order valence-electron chi connectivity index (χ2n) is 5.06. The smallest absolute Gasteiger partial charge is 0.337 e. The summed E-state index contributed by atoms with van der Waals surface area (Å²) in [5, 5.41) is 9.05. The Morgan fingerprint density at radius 1 is 1.45 bits per heavy atom.